The minimum atomic E-state index is -0.472. The number of hydrogen-bond acceptors (Lipinski definition) is 9. The lowest BCUT2D eigenvalue weighted by molar-refractivity contribution is -0.119. The lowest BCUT2D eigenvalue weighted by atomic mass is 10.1. The number of amides is 1. The van der Waals surface area contributed by atoms with E-state index in [1.807, 2.05) is 23.1 Å². The summed E-state index contributed by atoms with van der Waals surface area (Å²) in [5.74, 6) is 1.06. The maximum Gasteiger partial charge on any atom is 0.217 e. The van der Waals surface area contributed by atoms with Gasteiger partial charge in [-0.3, -0.25) is 9.48 Å². The Labute approximate surface area is 243 Å². The summed E-state index contributed by atoms with van der Waals surface area (Å²) in [6.07, 6.45) is 10.0. The maximum atomic E-state index is 14.7. The quantitative estimate of drug-likeness (QED) is 0.317. The SMILES string of the molecule is COc1cccc(F)c1-c1nccc(Nc2cc(N3CC[C@H](NC(C)=O)C3)c(-c3cnn(C4CCOCC4)c3)cn2)n1. The first kappa shape index (κ1) is 27.6. The molecule has 2 aliphatic heterocycles. The number of nitrogens with one attached hydrogen (secondary N) is 2. The number of carbonyl (C=O) groups excluding carboxylic acids is 1. The molecule has 42 heavy (non-hydrogen) atoms. The van der Waals surface area contributed by atoms with Crippen molar-refractivity contribution in [2.75, 3.05) is 43.6 Å². The predicted octanol–water partition coefficient (Wildman–Crippen LogP) is 4.36. The fraction of sp³-hybridized carbons (Fsp3) is 0.367. The molecule has 1 aromatic carbocycles. The number of aromatic nitrogens is 5. The van der Waals surface area contributed by atoms with Crippen molar-refractivity contribution in [1.82, 2.24) is 30.0 Å². The molecule has 0 saturated carbocycles. The lowest BCUT2D eigenvalue weighted by Gasteiger charge is -2.23. The second-order valence-electron chi connectivity index (χ2n) is 10.5. The van der Waals surface area contributed by atoms with Crippen molar-refractivity contribution >= 4 is 23.2 Å². The average Bonchev–Trinajstić information content (AvgIpc) is 3.68. The van der Waals surface area contributed by atoms with Crippen LogP contribution in [0.3, 0.4) is 0 Å². The number of ether oxygens (including phenoxy) is 2. The highest BCUT2D eigenvalue weighted by Crippen LogP contribution is 2.36. The van der Waals surface area contributed by atoms with Crippen LogP contribution in [0.1, 0.15) is 32.2 Å². The van der Waals surface area contributed by atoms with Crippen LogP contribution in [-0.2, 0) is 9.53 Å². The van der Waals surface area contributed by atoms with Crippen molar-refractivity contribution in [3.8, 4) is 28.3 Å². The number of pyridine rings is 1. The molecule has 2 N–H and O–H groups in total. The molecule has 0 spiro atoms. The van der Waals surface area contributed by atoms with E-state index in [9.17, 15) is 9.18 Å². The van der Waals surface area contributed by atoms with Gasteiger partial charge in [-0.15, -0.1) is 0 Å². The largest absolute Gasteiger partial charge is 0.496 e. The number of halogens is 1. The molecule has 4 aromatic rings. The topological polar surface area (TPSA) is 119 Å². The van der Waals surface area contributed by atoms with Gasteiger partial charge in [-0.1, -0.05) is 6.07 Å². The van der Waals surface area contributed by atoms with E-state index < -0.39 is 5.82 Å². The van der Waals surface area contributed by atoms with E-state index in [1.54, 1.807) is 31.3 Å². The summed E-state index contributed by atoms with van der Waals surface area (Å²) < 4.78 is 27.6. The van der Waals surface area contributed by atoms with E-state index in [1.165, 1.54) is 13.2 Å². The van der Waals surface area contributed by atoms with E-state index in [0.717, 1.165) is 55.8 Å². The number of anilines is 3. The number of hydrogen-bond donors (Lipinski definition) is 2. The molecule has 0 unspecified atom stereocenters. The third kappa shape index (κ3) is 5.89. The van der Waals surface area contributed by atoms with Crippen molar-refractivity contribution in [3.05, 3.63) is 60.9 Å². The highest BCUT2D eigenvalue weighted by atomic mass is 19.1. The summed E-state index contributed by atoms with van der Waals surface area (Å²) in [6, 6.07) is 8.64. The molecule has 3 aromatic heterocycles. The van der Waals surface area contributed by atoms with Gasteiger partial charge in [0.1, 0.15) is 23.2 Å². The Bertz CT molecular complexity index is 1570. The highest BCUT2D eigenvalue weighted by Gasteiger charge is 2.27. The minimum absolute atomic E-state index is 0.0389. The zero-order valence-corrected chi connectivity index (χ0v) is 23.6. The summed E-state index contributed by atoms with van der Waals surface area (Å²) in [5.41, 5.74) is 3.07. The van der Waals surface area contributed by atoms with Crippen LogP contribution in [0.2, 0.25) is 0 Å². The van der Waals surface area contributed by atoms with Crippen molar-refractivity contribution in [2.45, 2.75) is 38.3 Å². The van der Waals surface area contributed by atoms with E-state index >= 15 is 0 Å². The first-order valence-electron chi connectivity index (χ1n) is 14.1. The van der Waals surface area contributed by atoms with E-state index in [4.69, 9.17) is 14.5 Å². The third-order valence-corrected chi connectivity index (χ3v) is 7.63. The van der Waals surface area contributed by atoms with Gasteiger partial charge < -0.3 is 25.0 Å². The highest BCUT2D eigenvalue weighted by molar-refractivity contribution is 5.80. The summed E-state index contributed by atoms with van der Waals surface area (Å²) in [6.45, 7) is 4.47. The minimum Gasteiger partial charge on any atom is -0.496 e. The average molecular weight is 573 g/mol. The first-order chi connectivity index (χ1) is 20.5. The van der Waals surface area contributed by atoms with Crippen LogP contribution in [0, 0.1) is 5.82 Å². The van der Waals surface area contributed by atoms with Crippen LogP contribution in [0.5, 0.6) is 5.75 Å². The molecular formula is C30H33FN8O3. The molecule has 2 fully saturated rings. The normalized spacial score (nSPS) is 17.3. The molecule has 218 valence electrons. The van der Waals surface area contributed by atoms with Gasteiger partial charge >= 0.3 is 0 Å². The molecule has 0 bridgehead atoms. The van der Waals surface area contributed by atoms with Crippen LogP contribution < -0.4 is 20.3 Å². The van der Waals surface area contributed by atoms with Crippen LogP contribution >= 0.6 is 0 Å². The zero-order chi connectivity index (χ0) is 29.1. The predicted molar refractivity (Wildman–Crippen MR) is 156 cm³/mol. The standard InChI is InChI=1S/C30H33FN8O3/c1-19(40)35-21-7-11-38(18-21)25-14-28(33-16-23(25)20-15-34-39(17-20)22-8-12-42-13-9-22)36-27-6-10-32-30(37-27)29-24(31)4-3-5-26(29)41-2/h3-6,10,14-17,21-22H,7-9,11-13,18H2,1-2H3,(H,35,40)(H,32,33,36,37)/t21-/m0/s1. The van der Waals surface area contributed by atoms with Crippen LogP contribution in [0.15, 0.2) is 55.1 Å². The van der Waals surface area contributed by atoms with Crippen molar-refractivity contribution < 1.29 is 18.7 Å². The summed E-state index contributed by atoms with van der Waals surface area (Å²) in [4.78, 5) is 27.5. The van der Waals surface area contributed by atoms with Gasteiger partial charge in [-0.2, -0.15) is 5.10 Å². The number of benzene rings is 1. The molecule has 2 aliphatic rings. The second kappa shape index (κ2) is 12.1. The molecule has 0 radical (unpaired) electrons. The molecule has 12 heteroatoms. The van der Waals surface area contributed by atoms with E-state index in [0.29, 0.717) is 30.0 Å². The summed E-state index contributed by atoms with van der Waals surface area (Å²) >= 11 is 0. The molecule has 6 rings (SSSR count). The lowest BCUT2D eigenvalue weighted by Crippen LogP contribution is -2.35. The van der Waals surface area contributed by atoms with Crippen LogP contribution in [0.4, 0.5) is 21.7 Å². The zero-order valence-electron chi connectivity index (χ0n) is 23.6. The Morgan fingerprint density at radius 3 is 2.79 bits per heavy atom. The Hall–Kier alpha value is -4.58. The Balaban J connectivity index is 1.31. The van der Waals surface area contributed by atoms with Gasteiger partial charge in [0.05, 0.1) is 30.6 Å². The Morgan fingerprint density at radius 1 is 1.12 bits per heavy atom. The van der Waals surface area contributed by atoms with E-state index in [-0.39, 0.29) is 23.3 Å². The summed E-state index contributed by atoms with van der Waals surface area (Å²) in [7, 11) is 1.48. The first-order valence-corrected chi connectivity index (χ1v) is 14.1. The number of nitrogens with zero attached hydrogens (tertiary/aromatic N) is 6. The van der Waals surface area contributed by atoms with Crippen LogP contribution in [0.25, 0.3) is 22.5 Å². The fourth-order valence-electron chi connectivity index (χ4n) is 5.58. The monoisotopic (exact) mass is 572 g/mol. The molecule has 2 saturated heterocycles. The molecular weight excluding hydrogens is 539 g/mol. The Kier molecular flexibility index (Phi) is 7.95. The number of carbonyl (C=O) groups is 1. The van der Waals surface area contributed by atoms with Gasteiger partial charge in [-0.25, -0.2) is 19.3 Å². The number of methoxy groups -OCH3 is 1. The molecule has 5 heterocycles. The van der Waals surface area contributed by atoms with Crippen molar-refractivity contribution in [2.24, 2.45) is 0 Å². The van der Waals surface area contributed by atoms with Crippen molar-refractivity contribution in [3.63, 3.8) is 0 Å². The van der Waals surface area contributed by atoms with Gasteiger partial charge in [0.15, 0.2) is 5.82 Å². The Morgan fingerprint density at radius 2 is 1.98 bits per heavy atom. The second-order valence-corrected chi connectivity index (χ2v) is 10.5. The van der Waals surface area contributed by atoms with Gasteiger partial charge in [0, 0.05) is 75.1 Å². The van der Waals surface area contributed by atoms with Gasteiger partial charge in [0.2, 0.25) is 5.91 Å². The number of rotatable bonds is 8. The molecule has 1 atom stereocenters. The third-order valence-electron chi connectivity index (χ3n) is 7.63. The van der Waals surface area contributed by atoms with Gasteiger partial charge in [-0.05, 0) is 37.5 Å². The molecule has 1 amide bonds. The molecule has 0 aliphatic carbocycles. The van der Waals surface area contributed by atoms with Crippen molar-refractivity contribution in [1.29, 1.82) is 0 Å². The fourth-order valence-corrected chi connectivity index (χ4v) is 5.58. The molecule has 11 nitrogen and oxygen atoms in total. The van der Waals surface area contributed by atoms with E-state index in [2.05, 4.69) is 36.8 Å². The maximum absolute atomic E-state index is 14.7. The smallest absolute Gasteiger partial charge is 0.217 e. The van der Waals surface area contributed by atoms with Gasteiger partial charge in [0.25, 0.3) is 0 Å². The van der Waals surface area contributed by atoms with Crippen LogP contribution in [-0.4, -0.2) is 70.1 Å². The summed E-state index contributed by atoms with van der Waals surface area (Å²) in [5, 5.41) is 11.0.